The maximum atomic E-state index is 5.93. The van der Waals surface area contributed by atoms with Crippen molar-refractivity contribution in [2.45, 2.75) is 45.1 Å². The average molecular weight is 347 g/mol. The third-order valence-corrected chi connectivity index (χ3v) is 4.96. The van der Waals surface area contributed by atoms with Crippen LogP contribution in [0.1, 0.15) is 43.2 Å². The molecular weight excluding hydrogens is 322 g/mol. The van der Waals surface area contributed by atoms with Crippen LogP contribution in [0.25, 0.3) is 11.1 Å². The number of aromatic nitrogens is 1. The van der Waals surface area contributed by atoms with Crippen molar-refractivity contribution < 1.29 is 9.47 Å². The van der Waals surface area contributed by atoms with Gasteiger partial charge in [-0.25, -0.2) is 0 Å². The molecule has 2 fully saturated rings. The Kier molecular flexibility index (Phi) is 5.22. The lowest BCUT2D eigenvalue weighted by atomic mass is 9.99. The lowest BCUT2D eigenvalue weighted by Gasteiger charge is -2.22. The zero-order valence-corrected chi connectivity index (χ0v) is 15.3. The van der Waals surface area contributed by atoms with Crippen LogP contribution in [0.2, 0.25) is 0 Å². The molecular formula is C23H25NO2. The average Bonchev–Trinajstić information content (AvgIpc) is 3.50. The van der Waals surface area contributed by atoms with Gasteiger partial charge in [-0.1, -0.05) is 17.9 Å². The Morgan fingerprint density at radius 1 is 1.15 bits per heavy atom. The first-order valence-corrected chi connectivity index (χ1v) is 9.60. The zero-order chi connectivity index (χ0) is 17.8. The van der Waals surface area contributed by atoms with E-state index in [4.69, 9.17) is 9.47 Å². The second-order valence-corrected chi connectivity index (χ2v) is 7.28. The molecule has 0 radical (unpaired) electrons. The minimum atomic E-state index is 0.207. The predicted molar refractivity (Wildman–Crippen MR) is 103 cm³/mol. The summed E-state index contributed by atoms with van der Waals surface area (Å²) in [6, 6.07) is 8.46. The van der Waals surface area contributed by atoms with Crippen LogP contribution in [-0.2, 0) is 4.74 Å². The van der Waals surface area contributed by atoms with Crippen molar-refractivity contribution in [3.05, 3.63) is 47.8 Å². The van der Waals surface area contributed by atoms with Crippen molar-refractivity contribution >= 4 is 0 Å². The summed E-state index contributed by atoms with van der Waals surface area (Å²) in [6.07, 6.45) is 9.85. The molecule has 1 aliphatic carbocycles. The van der Waals surface area contributed by atoms with Crippen LogP contribution >= 0.6 is 0 Å². The second-order valence-electron chi connectivity index (χ2n) is 7.28. The highest BCUT2D eigenvalue weighted by Crippen LogP contribution is 2.29. The molecule has 1 unspecified atom stereocenters. The first-order valence-electron chi connectivity index (χ1n) is 9.60. The van der Waals surface area contributed by atoms with Gasteiger partial charge >= 0.3 is 0 Å². The molecule has 2 aromatic rings. The van der Waals surface area contributed by atoms with Crippen LogP contribution in [-0.4, -0.2) is 24.3 Å². The third kappa shape index (κ3) is 4.45. The van der Waals surface area contributed by atoms with Gasteiger partial charge in [0.1, 0.15) is 12.4 Å². The first kappa shape index (κ1) is 17.1. The Morgan fingerprint density at radius 2 is 2.08 bits per heavy atom. The molecule has 26 heavy (non-hydrogen) atoms. The smallest absolute Gasteiger partial charge is 0.138 e. The van der Waals surface area contributed by atoms with Gasteiger partial charge in [0.05, 0.1) is 12.3 Å². The molecule has 1 saturated carbocycles. The fourth-order valence-corrected chi connectivity index (χ4v) is 3.25. The van der Waals surface area contributed by atoms with E-state index < -0.39 is 0 Å². The van der Waals surface area contributed by atoms with Gasteiger partial charge in [-0.05, 0) is 68.4 Å². The number of hydrogen-bond donors (Lipinski definition) is 0. The van der Waals surface area contributed by atoms with Gasteiger partial charge in [0.25, 0.3) is 0 Å². The largest absolute Gasteiger partial charge is 0.489 e. The van der Waals surface area contributed by atoms with Gasteiger partial charge in [0.2, 0.25) is 0 Å². The highest BCUT2D eigenvalue weighted by Gasteiger charge is 2.18. The van der Waals surface area contributed by atoms with E-state index in [9.17, 15) is 0 Å². The summed E-state index contributed by atoms with van der Waals surface area (Å²) in [5.41, 5.74) is 4.55. The van der Waals surface area contributed by atoms with Gasteiger partial charge in [0.15, 0.2) is 0 Å². The Balaban J connectivity index is 1.46. The predicted octanol–water partition coefficient (Wildman–Crippen LogP) is 4.77. The number of benzene rings is 1. The van der Waals surface area contributed by atoms with E-state index in [2.05, 4.69) is 48.0 Å². The van der Waals surface area contributed by atoms with Crippen LogP contribution in [0, 0.1) is 24.7 Å². The standard InChI is InChI=1S/C23H25NO2/c1-17-12-19(8-7-18-5-6-18)9-10-23(17)20-13-22(15-24-14-20)26-16-21-4-2-3-11-25-21/h9-10,12-15,18,21H,2-6,11,16H2,1H3. The monoisotopic (exact) mass is 347 g/mol. The molecule has 0 bridgehead atoms. The Hall–Kier alpha value is -2.31. The topological polar surface area (TPSA) is 31.4 Å². The van der Waals surface area contributed by atoms with Gasteiger partial charge in [-0.2, -0.15) is 0 Å². The second kappa shape index (κ2) is 7.93. The van der Waals surface area contributed by atoms with E-state index in [1.807, 2.05) is 6.20 Å². The highest BCUT2D eigenvalue weighted by molar-refractivity contribution is 5.68. The molecule has 1 atom stereocenters. The summed E-state index contributed by atoms with van der Waals surface area (Å²) in [5.74, 6) is 8.04. The number of nitrogens with zero attached hydrogens (tertiary/aromatic N) is 1. The molecule has 1 aromatic carbocycles. The van der Waals surface area contributed by atoms with Crippen molar-refractivity contribution in [1.82, 2.24) is 4.98 Å². The van der Waals surface area contributed by atoms with Crippen LogP contribution in [0.3, 0.4) is 0 Å². The van der Waals surface area contributed by atoms with E-state index in [0.29, 0.717) is 12.5 Å². The van der Waals surface area contributed by atoms with E-state index in [-0.39, 0.29) is 6.10 Å². The molecule has 0 N–H and O–H groups in total. The summed E-state index contributed by atoms with van der Waals surface area (Å²) in [4.78, 5) is 4.36. The first-order chi connectivity index (χ1) is 12.8. The Morgan fingerprint density at radius 3 is 2.85 bits per heavy atom. The van der Waals surface area contributed by atoms with E-state index in [0.717, 1.165) is 36.3 Å². The molecule has 134 valence electrons. The maximum Gasteiger partial charge on any atom is 0.138 e. The number of hydrogen-bond acceptors (Lipinski definition) is 3. The molecule has 3 heteroatoms. The number of rotatable bonds is 4. The minimum absolute atomic E-state index is 0.207. The molecule has 2 heterocycles. The van der Waals surface area contributed by atoms with E-state index in [1.165, 1.54) is 30.4 Å². The van der Waals surface area contributed by atoms with E-state index >= 15 is 0 Å². The van der Waals surface area contributed by atoms with Gasteiger partial charge < -0.3 is 9.47 Å². The Bertz CT molecular complexity index is 824. The van der Waals surface area contributed by atoms with Gasteiger partial charge in [-0.15, -0.1) is 0 Å². The highest BCUT2D eigenvalue weighted by atomic mass is 16.5. The van der Waals surface area contributed by atoms with Crippen molar-refractivity contribution in [3.63, 3.8) is 0 Å². The molecule has 1 aliphatic heterocycles. The summed E-state index contributed by atoms with van der Waals surface area (Å²) in [7, 11) is 0. The zero-order valence-electron chi connectivity index (χ0n) is 15.3. The van der Waals surface area contributed by atoms with Gasteiger partial charge in [-0.3, -0.25) is 4.98 Å². The SMILES string of the molecule is Cc1cc(C#CC2CC2)ccc1-c1cncc(OCC2CCCCO2)c1. The van der Waals surface area contributed by atoms with Crippen LogP contribution < -0.4 is 4.74 Å². The third-order valence-electron chi connectivity index (χ3n) is 4.96. The number of aryl methyl sites for hydroxylation is 1. The van der Waals surface area contributed by atoms with Crippen molar-refractivity contribution in [1.29, 1.82) is 0 Å². The summed E-state index contributed by atoms with van der Waals surface area (Å²) in [6.45, 7) is 3.57. The van der Waals surface area contributed by atoms with Crippen LogP contribution in [0.4, 0.5) is 0 Å². The molecule has 4 rings (SSSR count). The lowest BCUT2D eigenvalue weighted by Crippen LogP contribution is -2.25. The summed E-state index contributed by atoms with van der Waals surface area (Å²) in [5, 5.41) is 0. The number of ether oxygens (including phenoxy) is 2. The molecule has 1 saturated heterocycles. The fourth-order valence-electron chi connectivity index (χ4n) is 3.25. The van der Waals surface area contributed by atoms with Gasteiger partial charge in [0, 0.05) is 29.8 Å². The van der Waals surface area contributed by atoms with Crippen molar-refractivity contribution in [2.75, 3.05) is 13.2 Å². The molecule has 0 amide bonds. The quantitative estimate of drug-likeness (QED) is 0.747. The molecule has 2 aliphatic rings. The maximum absolute atomic E-state index is 5.93. The molecule has 0 spiro atoms. The summed E-state index contributed by atoms with van der Waals surface area (Å²) < 4.78 is 11.7. The van der Waals surface area contributed by atoms with Crippen LogP contribution in [0.15, 0.2) is 36.7 Å². The number of pyridine rings is 1. The van der Waals surface area contributed by atoms with Crippen molar-refractivity contribution in [2.24, 2.45) is 5.92 Å². The van der Waals surface area contributed by atoms with E-state index in [1.54, 1.807) is 6.20 Å². The Labute approximate surface area is 155 Å². The van der Waals surface area contributed by atoms with Crippen LogP contribution in [0.5, 0.6) is 5.75 Å². The fraction of sp³-hybridized carbons (Fsp3) is 0.435. The summed E-state index contributed by atoms with van der Waals surface area (Å²) >= 11 is 0. The van der Waals surface area contributed by atoms with Crippen molar-refractivity contribution in [3.8, 4) is 28.7 Å². The lowest BCUT2D eigenvalue weighted by molar-refractivity contribution is -0.0111. The normalized spacial score (nSPS) is 19.5. The molecule has 3 nitrogen and oxygen atoms in total. The minimum Gasteiger partial charge on any atom is -0.489 e. The molecule has 1 aromatic heterocycles.